The summed E-state index contributed by atoms with van der Waals surface area (Å²) in [5, 5.41) is 13.4. The molecule has 0 aromatic carbocycles. The van der Waals surface area contributed by atoms with Crippen LogP contribution in [0.15, 0.2) is 12.3 Å². The normalized spacial score (nSPS) is 26.6. The predicted molar refractivity (Wildman–Crippen MR) is 108 cm³/mol. The van der Waals surface area contributed by atoms with Crippen LogP contribution < -0.4 is 5.32 Å². The molecule has 3 atom stereocenters. The molecule has 0 saturated carbocycles. The molecule has 1 aliphatic heterocycles. The summed E-state index contributed by atoms with van der Waals surface area (Å²) in [4.78, 5) is 9.30. The van der Waals surface area contributed by atoms with Crippen LogP contribution >= 0.6 is 0 Å². The van der Waals surface area contributed by atoms with E-state index in [1.165, 1.54) is 4.57 Å². The Hall–Kier alpha value is -1.50. The monoisotopic (exact) mass is 377 g/mol. The lowest BCUT2D eigenvalue weighted by Gasteiger charge is -2.28. The van der Waals surface area contributed by atoms with Gasteiger partial charge in [-0.05, 0) is 39.2 Å². The van der Waals surface area contributed by atoms with E-state index < -0.39 is 6.98 Å². The molecule has 0 amide bonds. The van der Waals surface area contributed by atoms with Crippen molar-refractivity contribution < 1.29 is 14.0 Å². The minimum atomic E-state index is -2.35. The number of aliphatic hydroxyl groups is 1. The second-order valence-electron chi connectivity index (χ2n) is 8.78. The molecular formula is C21H34N4O2. The van der Waals surface area contributed by atoms with Crippen LogP contribution in [-0.4, -0.2) is 44.5 Å². The standard InChI is InChI=1S/C21H34N4O2/c1-13(2)27-18-9-7-8-14(23-17(18)12-26)16-11-22-15-10-19(21(3,4)5)25(6)20(15)24-16/h10-11,13-14,17-18,23,26H,7-9,12H2,1-6H3/t14?,17-,18-/m0/s1/i6D3. The lowest BCUT2D eigenvalue weighted by atomic mass is 9.92. The average Bonchev–Trinajstić information content (AvgIpc) is 2.92. The van der Waals surface area contributed by atoms with Gasteiger partial charge in [-0.25, -0.2) is 4.98 Å². The zero-order valence-corrected chi connectivity index (χ0v) is 17.0. The van der Waals surface area contributed by atoms with Crippen LogP contribution in [0.4, 0.5) is 0 Å². The first-order valence-electron chi connectivity index (χ1n) is 11.3. The van der Waals surface area contributed by atoms with Gasteiger partial charge in [0.25, 0.3) is 0 Å². The van der Waals surface area contributed by atoms with Crippen LogP contribution in [-0.2, 0) is 17.1 Å². The molecule has 6 heteroatoms. The highest BCUT2D eigenvalue weighted by Gasteiger charge is 2.30. The van der Waals surface area contributed by atoms with E-state index in [9.17, 15) is 5.11 Å². The Morgan fingerprint density at radius 2 is 2.19 bits per heavy atom. The van der Waals surface area contributed by atoms with Crippen molar-refractivity contribution in [1.29, 1.82) is 0 Å². The maximum absolute atomic E-state index is 9.92. The van der Waals surface area contributed by atoms with E-state index >= 15 is 0 Å². The fourth-order valence-corrected chi connectivity index (χ4v) is 3.79. The first kappa shape index (κ1) is 16.5. The molecular weight excluding hydrogens is 340 g/mol. The van der Waals surface area contributed by atoms with Gasteiger partial charge >= 0.3 is 0 Å². The summed E-state index contributed by atoms with van der Waals surface area (Å²) in [6.45, 7) is 7.55. The smallest absolute Gasteiger partial charge is 0.158 e. The number of nitrogens with zero attached hydrogens (tertiary/aromatic N) is 3. The van der Waals surface area contributed by atoms with Crippen molar-refractivity contribution in [3.63, 3.8) is 0 Å². The van der Waals surface area contributed by atoms with Crippen LogP contribution in [0.25, 0.3) is 11.2 Å². The summed E-state index contributed by atoms with van der Waals surface area (Å²) < 4.78 is 31.5. The molecule has 1 aliphatic rings. The fourth-order valence-electron chi connectivity index (χ4n) is 3.79. The number of nitrogens with one attached hydrogen (secondary N) is 1. The van der Waals surface area contributed by atoms with Crippen LogP contribution in [0, 0.1) is 0 Å². The lowest BCUT2D eigenvalue weighted by molar-refractivity contribution is -0.0268. The number of fused-ring (bicyclic) bond motifs is 1. The van der Waals surface area contributed by atoms with Crippen molar-refractivity contribution in [3.05, 3.63) is 23.7 Å². The molecule has 150 valence electrons. The van der Waals surface area contributed by atoms with Gasteiger partial charge in [0.15, 0.2) is 5.65 Å². The molecule has 0 spiro atoms. The molecule has 2 aromatic rings. The minimum Gasteiger partial charge on any atom is -0.395 e. The molecule has 0 aliphatic carbocycles. The van der Waals surface area contributed by atoms with Gasteiger partial charge in [0.2, 0.25) is 0 Å². The van der Waals surface area contributed by atoms with Gasteiger partial charge in [-0.3, -0.25) is 4.98 Å². The molecule has 2 N–H and O–H groups in total. The van der Waals surface area contributed by atoms with E-state index in [0.29, 0.717) is 22.6 Å². The van der Waals surface area contributed by atoms with Gasteiger partial charge in [0, 0.05) is 22.2 Å². The van der Waals surface area contributed by atoms with Crippen molar-refractivity contribution in [1.82, 2.24) is 19.9 Å². The minimum absolute atomic E-state index is 0.0383. The Labute approximate surface area is 166 Å². The molecule has 2 aromatic heterocycles. The predicted octanol–water partition coefficient (Wildman–Crippen LogP) is 3.23. The van der Waals surface area contributed by atoms with Gasteiger partial charge in [-0.1, -0.05) is 20.8 Å². The number of aromatic nitrogens is 3. The third-order valence-corrected chi connectivity index (χ3v) is 5.14. The first-order valence-corrected chi connectivity index (χ1v) is 9.83. The van der Waals surface area contributed by atoms with E-state index in [2.05, 4.69) is 10.3 Å². The van der Waals surface area contributed by atoms with Crippen LogP contribution in [0.2, 0.25) is 0 Å². The summed E-state index contributed by atoms with van der Waals surface area (Å²) in [6.07, 6.45) is 4.30. The highest BCUT2D eigenvalue weighted by molar-refractivity contribution is 5.73. The molecule has 6 nitrogen and oxygen atoms in total. The summed E-state index contributed by atoms with van der Waals surface area (Å²) in [5.41, 5.74) is 1.96. The van der Waals surface area contributed by atoms with E-state index in [-0.39, 0.29) is 36.3 Å². The quantitative estimate of drug-likeness (QED) is 0.856. The van der Waals surface area contributed by atoms with Crippen LogP contribution in [0.1, 0.15) is 75.4 Å². The molecule has 3 rings (SSSR count). The molecule has 0 bridgehead atoms. The van der Waals surface area contributed by atoms with E-state index in [4.69, 9.17) is 13.8 Å². The molecule has 3 heterocycles. The van der Waals surface area contributed by atoms with Crippen molar-refractivity contribution in [2.45, 2.75) is 83.6 Å². The Morgan fingerprint density at radius 3 is 2.81 bits per heavy atom. The highest BCUT2D eigenvalue weighted by atomic mass is 16.5. The molecule has 27 heavy (non-hydrogen) atoms. The topological polar surface area (TPSA) is 72.2 Å². The average molecular weight is 378 g/mol. The zero-order chi connectivity index (χ0) is 22.3. The Morgan fingerprint density at radius 1 is 1.41 bits per heavy atom. The third-order valence-electron chi connectivity index (χ3n) is 5.14. The van der Waals surface area contributed by atoms with E-state index in [1.54, 1.807) is 6.20 Å². The number of hydrogen-bond donors (Lipinski definition) is 2. The van der Waals surface area contributed by atoms with Gasteiger partial charge in [-0.2, -0.15) is 0 Å². The largest absolute Gasteiger partial charge is 0.395 e. The Balaban J connectivity index is 2.00. The zero-order valence-electron chi connectivity index (χ0n) is 20.0. The van der Waals surface area contributed by atoms with Gasteiger partial charge in [-0.15, -0.1) is 0 Å². The first-order chi connectivity index (χ1) is 13.9. The number of hydrogen-bond acceptors (Lipinski definition) is 5. The Kier molecular flexibility index (Phi) is 4.79. The van der Waals surface area contributed by atoms with Crippen LogP contribution in [0.3, 0.4) is 0 Å². The number of rotatable bonds is 4. The summed E-state index contributed by atoms with van der Waals surface area (Å²) >= 11 is 0. The van der Waals surface area contributed by atoms with Crippen molar-refractivity contribution >= 4 is 11.2 Å². The second kappa shape index (κ2) is 7.86. The molecule has 1 saturated heterocycles. The van der Waals surface area contributed by atoms with Crippen molar-refractivity contribution in [3.8, 4) is 0 Å². The van der Waals surface area contributed by atoms with Gasteiger partial charge in [0.1, 0.15) is 5.52 Å². The SMILES string of the molecule is [2H]C([2H])([2H])n1c(C(C)(C)C)cc2ncc(C3CCC[C@H](OC(C)C)[C@H](CO)N3)nc21. The highest BCUT2D eigenvalue weighted by Crippen LogP contribution is 2.29. The summed E-state index contributed by atoms with van der Waals surface area (Å²) in [6, 6.07) is 1.48. The maximum atomic E-state index is 9.92. The number of aliphatic hydroxyl groups excluding tert-OH is 1. The van der Waals surface area contributed by atoms with Crippen LogP contribution in [0.5, 0.6) is 0 Å². The third kappa shape index (κ3) is 4.33. The fraction of sp³-hybridized carbons (Fsp3) is 0.714. The molecule has 1 unspecified atom stereocenters. The molecule has 1 fully saturated rings. The van der Waals surface area contributed by atoms with Crippen molar-refractivity contribution in [2.24, 2.45) is 6.98 Å². The second-order valence-corrected chi connectivity index (χ2v) is 8.78. The molecule has 0 radical (unpaired) electrons. The van der Waals surface area contributed by atoms with Crippen molar-refractivity contribution in [2.75, 3.05) is 6.61 Å². The lowest BCUT2D eigenvalue weighted by Crippen LogP contribution is -2.45. The van der Waals surface area contributed by atoms with E-state index in [1.807, 2.05) is 40.7 Å². The maximum Gasteiger partial charge on any atom is 0.158 e. The summed E-state index contributed by atoms with van der Waals surface area (Å²) in [5.74, 6) is 0. The number of aryl methyl sites for hydroxylation is 1. The number of ether oxygens (including phenoxy) is 1. The van der Waals surface area contributed by atoms with Gasteiger partial charge in [0.05, 0.1) is 42.8 Å². The van der Waals surface area contributed by atoms with Gasteiger partial charge < -0.3 is 19.7 Å². The summed E-state index contributed by atoms with van der Waals surface area (Å²) in [7, 11) is 0. The Bertz CT molecular complexity index is 873. The van der Waals surface area contributed by atoms with E-state index in [0.717, 1.165) is 19.3 Å².